The molecule has 5 fully saturated rings. The van der Waals surface area contributed by atoms with Gasteiger partial charge in [-0.25, -0.2) is 4.99 Å². The highest BCUT2D eigenvalue weighted by molar-refractivity contribution is 8.13. The predicted molar refractivity (Wildman–Crippen MR) is 91.4 cm³/mol. The van der Waals surface area contributed by atoms with Crippen molar-refractivity contribution < 1.29 is 9.47 Å². The molecule has 5 rings (SSSR count). The SMILES string of the molecule is CCCCOC[C@@H]1CSC(=NC23CC4CC(CC(C4)C2)C3)O1. The maximum Gasteiger partial charge on any atom is 0.246 e. The van der Waals surface area contributed by atoms with Crippen LogP contribution in [-0.2, 0) is 9.47 Å². The Morgan fingerprint density at radius 1 is 1.18 bits per heavy atom. The Hall–Kier alpha value is -0.220. The summed E-state index contributed by atoms with van der Waals surface area (Å²) in [5.74, 6) is 3.87. The lowest BCUT2D eigenvalue weighted by atomic mass is 9.53. The van der Waals surface area contributed by atoms with Crippen molar-refractivity contribution in [2.24, 2.45) is 22.7 Å². The average Bonchev–Trinajstić information content (AvgIpc) is 2.89. The smallest absolute Gasteiger partial charge is 0.246 e. The molecule has 1 aliphatic heterocycles. The first-order valence-electron chi connectivity index (χ1n) is 9.22. The molecule has 4 saturated carbocycles. The zero-order valence-electron chi connectivity index (χ0n) is 13.8. The van der Waals surface area contributed by atoms with Crippen LogP contribution < -0.4 is 0 Å². The molecule has 3 nitrogen and oxygen atoms in total. The lowest BCUT2D eigenvalue weighted by Crippen LogP contribution is -2.49. The molecule has 1 saturated heterocycles. The van der Waals surface area contributed by atoms with Crippen molar-refractivity contribution in [1.29, 1.82) is 0 Å². The fourth-order valence-corrected chi connectivity index (χ4v) is 6.33. The molecule has 0 aromatic carbocycles. The second kappa shape index (κ2) is 6.35. The number of hydrogen-bond donors (Lipinski definition) is 0. The second-order valence-corrected chi connectivity index (χ2v) is 8.97. The van der Waals surface area contributed by atoms with Gasteiger partial charge in [0.15, 0.2) is 0 Å². The van der Waals surface area contributed by atoms with Crippen LogP contribution in [0.2, 0.25) is 0 Å². The van der Waals surface area contributed by atoms with E-state index in [1.807, 2.05) is 11.8 Å². The highest BCUT2D eigenvalue weighted by Gasteiger charge is 2.51. The molecule has 1 heterocycles. The molecule has 124 valence electrons. The number of rotatable bonds is 6. The van der Waals surface area contributed by atoms with Crippen LogP contribution in [0.5, 0.6) is 0 Å². The summed E-state index contributed by atoms with van der Waals surface area (Å²) in [6.07, 6.45) is 11.0. The predicted octanol–water partition coefficient (Wildman–Crippen LogP) is 4.26. The summed E-state index contributed by atoms with van der Waals surface area (Å²) in [5, 5.41) is 0.964. The normalized spacial score (nSPS) is 44.7. The summed E-state index contributed by atoms with van der Waals surface area (Å²) in [6, 6.07) is 0. The van der Waals surface area contributed by atoms with Gasteiger partial charge in [0.2, 0.25) is 5.23 Å². The summed E-state index contributed by atoms with van der Waals surface area (Å²) < 4.78 is 11.8. The first kappa shape index (κ1) is 15.3. The molecule has 0 spiro atoms. The third-order valence-electron chi connectivity index (χ3n) is 5.94. The van der Waals surface area contributed by atoms with Crippen molar-refractivity contribution in [3.8, 4) is 0 Å². The van der Waals surface area contributed by atoms with Crippen LogP contribution in [0, 0.1) is 17.8 Å². The third kappa shape index (κ3) is 3.19. The zero-order valence-corrected chi connectivity index (χ0v) is 14.6. The molecule has 0 aromatic heterocycles. The Bertz CT molecular complexity index is 402. The van der Waals surface area contributed by atoms with Crippen LogP contribution in [0.3, 0.4) is 0 Å². The van der Waals surface area contributed by atoms with E-state index >= 15 is 0 Å². The summed E-state index contributed by atoms with van der Waals surface area (Å²) in [7, 11) is 0. The Morgan fingerprint density at radius 2 is 1.86 bits per heavy atom. The maximum absolute atomic E-state index is 6.07. The van der Waals surface area contributed by atoms with Crippen molar-refractivity contribution in [3.05, 3.63) is 0 Å². The molecule has 0 unspecified atom stereocenters. The van der Waals surface area contributed by atoms with Gasteiger partial charge < -0.3 is 9.47 Å². The van der Waals surface area contributed by atoms with Crippen LogP contribution >= 0.6 is 11.8 Å². The number of hydrogen-bond acceptors (Lipinski definition) is 4. The topological polar surface area (TPSA) is 30.8 Å². The molecular formula is C18H29NO2S. The van der Waals surface area contributed by atoms with Gasteiger partial charge in [0.05, 0.1) is 12.1 Å². The second-order valence-electron chi connectivity index (χ2n) is 8.00. The highest BCUT2D eigenvalue weighted by atomic mass is 32.2. The lowest BCUT2D eigenvalue weighted by Gasteiger charge is -2.54. The number of ether oxygens (including phenoxy) is 2. The van der Waals surface area contributed by atoms with Gasteiger partial charge in [-0.2, -0.15) is 0 Å². The fraction of sp³-hybridized carbons (Fsp3) is 0.944. The van der Waals surface area contributed by atoms with Gasteiger partial charge in [-0.3, -0.25) is 0 Å². The molecule has 0 aromatic rings. The average molecular weight is 324 g/mol. The minimum atomic E-state index is 0.217. The molecule has 4 aliphatic carbocycles. The molecule has 4 heteroatoms. The zero-order chi connectivity index (χ0) is 15.0. The van der Waals surface area contributed by atoms with E-state index in [1.165, 1.54) is 44.9 Å². The number of aliphatic imine (C=N–C) groups is 1. The molecule has 0 amide bonds. The lowest BCUT2D eigenvalue weighted by molar-refractivity contribution is -0.000191. The van der Waals surface area contributed by atoms with Gasteiger partial charge in [0, 0.05) is 12.4 Å². The molecular weight excluding hydrogens is 294 g/mol. The third-order valence-corrected chi connectivity index (χ3v) is 6.91. The van der Waals surface area contributed by atoms with E-state index in [0.717, 1.165) is 48.4 Å². The van der Waals surface area contributed by atoms with Crippen LogP contribution in [0.4, 0.5) is 0 Å². The molecule has 1 atom stereocenters. The van der Waals surface area contributed by atoms with E-state index in [9.17, 15) is 0 Å². The fourth-order valence-electron chi connectivity index (χ4n) is 5.37. The Morgan fingerprint density at radius 3 is 2.50 bits per heavy atom. The first-order chi connectivity index (χ1) is 10.7. The number of unbranched alkanes of at least 4 members (excludes halogenated alkanes) is 1. The van der Waals surface area contributed by atoms with Crippen molar-refractivity contribution in [1.82, 2.24) is 0 Å². The molecule has 22 heavy (non-hydrogen) atoms. The van der Waals surface area contributed by atoms with E-state index < -0.39 is 0 Å². The van der Waals surface area contributed by atoms with Crippen molar-refractivity contribution in [2.75, 3.05) is 19.0 Å². The Labute approximate surface area is 138 Å². The van der Waals surface area contributed by atoms with Crippen LogP contribution in [0.25, 0.3) is 0 Å². The van der Waals surface area contributed by atoms with Crippen molar-refractivity contribution >= 4 is 17.0 Å². The molecule has 0 radical (unpaired) electrons. The molecule has 5 aliphatic rings. The molecule has 0 N–H and O–H groups in total. The largest absolute Gasteiger partial charge is 0.466 e. The van der Waals surface area contributed by atoms with E-state index in [4.69, 9.17) is 14.5 Å². The van der Waals surface area contributed by atoms with Crippen LogP contribution in [-0.4, -0.2) is 35.8 Å². The molecule has 4 bridgehead atoms. The maximum atomic E-state index is 6.07. The van der Waals surface area contributed by atoms with E-state index in [-0.39, 0.29) is 11.6 Å². The number of thioether (sulfide) groups is 1. The summed E-state index contributed by atoms with van der Waals surface area (Å²) in [6.45, 7) is 3.79. The number of nitrogens with zero attached hydrogens (tertiary/aromatic N) is 1. The van der Waals surface area contributed by atoms with Crippen LogP contribution in [0.1, 0.15) is 58.3 Å². The minimum Gasteiger partial charge on any atom is -0.466 e. The van der Waals surface area contributed by atoms with Gasteiger partial charge >= 0.3 is 0 Å². The van der Waals surface area contributed by atoms with Gasteiger partial charge in [0.1, 0.15) is 6.10 Å². The minimum absolute atomic E-state index is 0.217. The Balaban J connectivity index is 1.34. The monoisotopic (exact) mass is 323 g/mol. The van der Waals surface area contributed by atoms with Crippen LogP contribution in [0.15, 0.2) is 4.99 Å². The first-order valence-corrected chi connectivity index (χ1v) is 10.2. The summed E-state index contributed by atoms with van der Waals surface area (Å²) >= 11 is 1.81. The summed E-state index contributed by atoms with van der Waals surface area (Å²) in [4.78, 5) is 5.16. The van der Waals surface area contributed by atoms with E-state index in [0.29, 0.717) is 0 Å². The van der Waals surface area contributed by atoms with E-state index in [1.54, 1.807) is 0 Å². The van der Waals surface area contributed by atoms with Gasteiger partial charge in [-0.15, -0.1) is 0 Å². The van der Waals surface area contributed by atoms with Gasteiger partial charge in [-0.05, 0) is 62.7 Å². The highest BCUT2D eigenvalue weighted by Crippen LogP contribution is 2.57. The van der Waals surface area contributed by atoms with Gasteiger partial charge in [0.25, 0.3) is 0 Å². The quantitative estimate of drug-likeness (QED) is 0.684. The standard InChI is InChI=1S/C18H29NO2S/c1-2-3-4-20-11-16-12-22-17(21-16)19-18-8-13-5-14(9-18)7-15(6-13)10-18/h13-16H,2-12H2,1H3/t13?,14?,15?,16-,18?/m1/s1. The van der Waals surface area contributed by atoms with Crippen molar-refractivity contribution in [3.63, 3.8) is 0 Å². The summed E-state index contributed by atoms with van der Waals surface area (Å²) in [5.41, 5.74) is 0.245. The van der Waals surface area contributed by atoms with Crippen molar-refractivity contribution in [2.45, 2.75) is 69.9 Å². The van der Waals surface area contributed by atoms with Gasteiger partial charge in [-0.1, -0.05) is 25.1 Å². The Kier molecular flexibility index (Phi) is 4.42. The van der Waals surface area contributed by atoms with E-state index in [2.05, 4.69) is 6.92 Å².